The van der Waals surface area contributed by atoms with Gasteiger partial charge in [-0.15, -0.1) is 11.8 Å². The molecule has 5 heteroatoms. The average Bonchev–Trinajstić information content (AvgIpc) is 2.63. The second kappa shape index (κ2) is 4.35. The van der Waals surface area contributed by atoms with E-state index in [0.717, 1.165) is 16.5 Å². The number of aromatic nitrogens is 3. The molecule has 0 spiro atoms. The maximum absolute atomic E-state index is 5.50. The van der Waals surface area contributed by atoms with Gasteiger partial charge in [0.15, 0.2) is 0 Å². The predicted molar refractivity (Wildman–Crippen MR) is 61.4 cm³/mol. The zero-order valence-electron chi connectivity index (χ0n) is 8.42. The SMILES string of the molecule is Cn1ccnc1CSc1ccc(N)nc1. The van der Waals surface area contributed by atoms with Crippen molar-refractivity contribution >= 4 is 17.6 Å². The molecule has 2 rings (SSSR count). The molecular formula is C10H12N4S. The summed E-state index contributed by atoms with van der Waals surface area (Å²) >= 11 is 1.70. The second-order valence-corrected chi connectivity index (χ2v) is 4.21. The standard InChI is InChI=1S/C10H12N4S/c1-14-5-4-12-10(14)7-15-8-2-3-9(11)13-6-8/h2-6H,7H2,1H3,(H2,11,13). The van der Waals surface area contributed by atoms with Gasteiger partial charge >= 0.3 is 0 Å². The second-order valence-electron chi connectivity index (χ2n) is 3.16. The fraction of sp³-hybridized carbons (Fsp3) is 0.200. The Labute approximate surface area is 92.5 Å². The van der Waals surface area contributed by atoms with Crippen LogP contribution in [-0.2, 0) is 12.8 Å². The summed E-state index contributed by atoms with van der Waals surface area (Å²) in [5.41, 5.74) is 5.50. The largest absolute Gasteiger partial charge is 0.384 e. The molecule has 0 saturated heterocycles. The number of aryl methyl sites for hydroxylation is 1. The zero-order valence-corrected chi connectivity index (χ0v) is 9.24. The van der Waals surface area contributed by atoms with Gasteiger partial charge in [-0.3, -0.25) is 0 Å². The first-order chi connectivity index (χ1) is 7.25. The maximum atomic E-state index is 5.50. The summed E-state index contributed by atoms with van der Waals surface area (Å²) in [6.45, 7) is 0. The molecule has 0 fully saturated rings. The number of rotatable bonds is 3. The molecule has 2 N–H and O–H groups in total. The minimum Gasteiger partial charge on any atom is -0.384 e. The van der Waals surface area contributed by atoms with Crippen molar-refractivity contribution in [1.82, 2.24) is 14.5 Å². The van der Waals surface area contributed by atoms with E-state index in [-0.39, 0.29) is 0 Å². The Morgan fingerprint density at radius 3 is 2.87 bits per heavy atom. The van der Waals surface area contributed by atoms with E-state index in [1.165, 1.54) is 0 Å². The van der Waals surface area contributed by atoms with Crippen molar-refractivity contribution in [3.8, 4) is 0 Å². The number of hydrogen-bond acceptors (Lipinski definition) is 4. The molecule has 0 unspecified atom stereocenters. The van der Waals surface area contributed by atoms with Crippen LogP contribution in [0.15, 0.2) is 35.6 Å². The third kappa shape index (κ3) is 2.50. The molecule has 0 atom stereocenters. The van der Waals surface area contributed by atoms with Crippen LogP contribution in [0.1, 0.15) is 5.82 Å². The molecule has 0 aliphatic heterocycles. The van der Waals surface area contributed by atoms with E-state index in [9.17, 15) is 0 Å². The molecule has 2 aromatic rings. The van der Waals surface area contributed by atoms with E-state index in [1.54, 1.807) is 30.2 Å². The number of anilines is 1. The van der Waals surface area contributed by atoms with Crippen LogP contribution in [0.3, 0.4) is 0 Å². The van der Waals surface area contributed by atoms with Crippen molar-refractivity contribution < 1.29 is 0 Å². The average molecular weight is 220 g/mol. The quantitative estimate of drug-likeness (QED) is 0.800. The highest BCUT2D eigenvalue weighted by Crippen LogP contribution is 2.21. The van der Waals surface area contributed by atoms with Gasteiger partial charge in [-0.2, -0.15) is 0 Å². The van der Waals surface area contributed by atoms with Gasteiger partial charge in [0.05, 0.1) is 5.75 Å². The highest BCUT2D eigenvalue weighted by molar-refractivity contribution is 7.98. The summed E-state index contributed by atoms with van der Waals surface area (Å²) in [5, 5.41) is 0. The minimum absolute atomic E-state index is 0.552. The van der Waals surface area contributed by atoms with Crippen LogP contribution in [0, 0.1) is 0 Å². The van der Waals surface area contributed by atoms with Gasteiger partial charge in [-0.05, 0) is 12.1 Å². The minimum atomic E-state index is 0.552. The van der Waals surface area contributed by atoms with Crippen LogP contribution in [-0.4, -0.2) is 14.5 Å². The Morgan fingerprint density at radius 2 is 2.27 bits per heavy atom. The lowest BCUT2D eigenvalue weighted by molar-refractivity contribution is 0.849. The fourth-order valence-corrected chi connectivity index (χ4v) is 2.03. The summed E-state index contributed by atoms with van der Waals surface area (Å²) < 4.78 is 2.01. The van der Waals surface area contributed by atoms with Gasteiger partial charge in [0, 0.05) is 30.5 Å². The topological polar surface area (TPSA) is 56.7 Å². The number of imidazole rings is 1. The first-order valence-electron chi connectivity index (χ1n) is 4.56. The Morgan fingerprint density at radius 1 is 1.40 bits per heavy atom. The molecule has 4 nitrogen and oxygen atoms in total. The summed E-state index contributed by atoms with van der Waals surface area (Å²) in [6.07, 6.45) is 5.52. The summed E-state index contributed by atoms with van der Waals surface area (Å²) in [7, 11) is 1.99. The number of nitrogen functional groups attached to an aromatic ring is 1. The smallest absolute Gasteiger partial charge is 0.123 e. The van der Waals surface area contributed by atoms with Gasteiger partial charge in [0.2, 0.25) is 0 Å². The molecule has 0 saturated carbocycles. The van der Waals surface area contributed by atoms with Crippen LogP contribution < -0.4 is 5.73 Å². The number of pyridine rings is 1. The summed E-state index contributed by atoms with van der Waals surface area (Å²) in [6, 6.07) is 3.77. The highest BCUT2D eigenvalue weighted by Gasteiger charge is 2.00. The Kier molecular flexibility index (Phi) is 2.91. The van der Waals surface area contributed by atoms with Crippen molar-refractivity contribution in [3.63, 3.8) is 0 Å². The molecule has 0 amide bonds. The molecule has 0 aliphatic rings. The van der Waals surface area contributed by atoms with E-state index < -0.39 is 0 Å². The van der Waals surface area contributed by atoms with Gasteiger partial charge < -0.3 is 10.3 Å². The van der Waals surface area contributed by atoms with Crippen molar-refractivity contribution in [3.05, 3.63) is 36.5 Å². The molecule has 0 bridgehead atoms. The molecule has 2 aromatic heterocycles. The van der Waals surface area contributed by atoms with Crippen LogP contribution in [0.5, 0.6) is 0 Å². The van der Waals surface area contributed by atoms with Crippen LogP contribution >= 0.6 is 11.8 Å². The van der Waals surface area contributed by atoms with Gasteiger partial charge in [-0.25, -0.2) is 9.97 Å². The Bertz CT molecular complexity index is 435. The summed E-state index contributed by atoms with van der Waals surface area (Å²) in [4.78, 5) is 9.38. The molecule has 0 aliphatic carbocycles. The third-order valence-corrected chi connectivity index (χ3v) is 3.03. The van der Waals surface area contributed by atoms with Crippen LogP contribution in [0.25, 0.3) is 0 Å². The number of nitrogens with two attached hydrogens (primary N) is 1. The summed E-state index contributed by atoms with van der Waals surface area (Å²) in [5.74, 6) is 2.45. The maximum Gasteiger partial charge on any atom is 0.123 e. The van der Waals surface area contributed by atoms with Crippen molar-refractivity contribution in [2.24, 2.45) is 7.05 Å². The molecule has 0 aromatic carbocycles. The number of hydrogen-bond donors (Lipinski definition) is 1. The van der Waals surface area contributed by atoms with E-state index in [2.05, 4.69) is 9.97 Å². The predicted octanol–water partition coefficient (Wildman–Crippen LogP) is 1.69. The van der Waals surface area contributed by atoms with Crippen molar-refractivity contribution in [1.29, 1.82) is 0 Å². The van der Waals surface area contributed by atoms with E-state index in [0.29, 0.717) is 5.82 Å². The Hall–Kier alpha value is -1.49. The lowest BCUT2D eigenvalue weighted by Crippen LogP contribution is -1.94. The lowest BCUT2D eigenvalue weighted by atomic mass is 10.5. The monoisotopic (exact) mass is 220 g/mol. The third-order valence-electron chi connectivity index (χ3n) is 2.05. The molecule has 78 valence electrons. The Balaban J connectivity index is 1.99. The van der Waals surface area contributed by atoms with E-state index >= 15 is 0 Å². The van der Waals surface area contributed by atoms with Gasteiger partial charge in [-0.1, -0.05) is 0 Å². The van der Waals surface area contributed by atoms with Crippen molar-refractivity contribution in [2.75, 3.05) is 5.73 Å². The molecule has 15 heavy (non-hydrogen) atoms. The van der Waals surface area contributed by atoms with E-state index in [4.69, 9.17) is 5.73 Å². The number of thioether (sulfide) groups is 1. The van der Waals surface area contributed by atoms with Crippen LogP contribution in [0.2, 0.25) is 0 Å². The normalized spacial score (nSPS) is 10.5. The van der Waals surface area contributed by atoms with E-state index in [1.807, 2.05) is 23.9 Å². The fourth-order valence-electron chi connectivity index (χ4n) is 1.16. The van der Waals surface area contributed by atoms with Crippen LogP contribution in [0.4, 0.5) is 5.82 Å². The van der Waals surface area contributed by atoms with Crippen molar-refractivity contribution in [2.45, 2.75) is 10.6 Å². The number of nitrogens with zero attached hydrogens (tertiary/aromatic N) is 3. The lowest BCUT2D eigenvalue weighted by Gasteiger charge is -2.01. The van der Waals surface area contributed by atoms with Gasteiger partial charge in [0.1, 0.15) is 11.6 Å². The molecule has 2 heterocycles. The highest BCUT2D eigenvalue weighted by atomic mass is 32.2. The molecular weight excluding hydrogens is 208 g/mol. The first-order valence-corrected chi connectivity index (χ1v) is 5.55. The van der Waals surface area contributed by atoms with Gasteiger partial charge in [0.25, 0.3) is 0 Å². The first kappa shape index (κ1) is 10.0. The zero-order chi connectivity index (χ0) is 10.7. The molecule has 0 radical (unpaired) electrons.